The molecular formula is C18H19N5O3S2. The van der Waals surface area contributed by atoms with Crippen molar-refractivity contribution in [2.75, 3.05) is 19.0 Å². The molecule has 10 heteroatoms. The maximum Gasteiger partial charge on any atom is 0.251 e. The van der Waals surface area contributed by atoms with Crippen molar-refractivity contribution < 1.29 is 13.2 Å². The van der Waals surface area contributed by atoms with Gasteiger partial charge in [-0.05, 0) is 25.6 Å². The quantitative estimate of drug-likeness (QED) is 0.658. The van der Waals surface area contributed by atoms with Crippen LogP contribution >= 0.6 is 11.3 Å². The molecule has 146 valence electrons. The van der Waals surface area contributed by atoms with Gasteiger partial charge in [0.15, 0.2) is 15.2 Å². The lowest BCUT2D eigenvalue weighted by molar-refractivity contribution is -0.117. The maximum absolute atomic E-state index is 12.6. The van der Waals surface area contributed by atoms with Crippen LogP contribution in [-0.4, -0.2) is 43.4 Å². The van der Waals surface area contributed by atoms with Gasteiger partial charge < -0.3 is 0 Å². The first-order valence-electron chi connectivity index (χ1n) is 8.35. The van der Waals surface area contributed by atoms with E-state index in [9.17, 15) is 13.2 Å². The number of aryl methyl sites for hydroxylation is 1. The van der Waals surface area contributed by atoms with E-state index in [1.54, 1.807) is 32.4 Å². The number of aromatic nitrogens is 3. The summed E-state index contributed by atoms with van der Waals surface area (Å²) in [5.41, 5.74) is 2.05. The van der Waals surface area contributed by atoms with Crippen molar-refractivity contribution in [1.82, 2.24) is 19.7 Å². The number of rotatable bonds is 6. The molecule has 0 aliphatic carbocycles. The van der Waals surface area contributed by atoms with Crippen LogP contribution in [0.1, 0.15) is 11.3 Å². The van der Waals surface area contributed by atoms with Gasteiger partial charge in [0, 0.05) is 25.0 Å². The number of carbonyl (C=O) groups is 1. The fourth-order valence-corrected chi connectivity index (χ4v) is 4.79. The Morgan fingerprint density at radius 3 is 2.43 bits per heavy atom. The highest BCUT2D eigenvalue weighted by molar-refractivity contribution is 7.91. The van der Waals surface area contributed by atoms with Crippen LogP contribution in [0.3, 0.4) is 0 Å². The molecule has 0 aliphatic heterocycles. The third kappa shape index (κ3) is 4.24. The smallest absolute Gasteiger partial charge is 0.251 e. The first-order valence-corrected chi connectivity index (χ1v) is 10.7. The number of thiazole rings is 1. The molecule has 2 aromatic heterocycles. The number of nitrogens with zero attached hydrogens (tertiary/aromatic N) is 4. The molecule has 1 aromatic carbocycles. The molecule has 0 radical (unpaired) electrons. The minimum atomic E-state index is -3.60. The molecule has 1 N–H and O–H groups in total. The summed E-state index contributed by atoms with van der Waals surface area (Å²) in [6, 6.07) is 9.18. The van der Waals surface area contributed by atoms with Gasteiger partial charge in [-0.15, -0.1) is 0 Å². The van der Waals surface area contributed by atoms with Crippen molar-refractivity contribution >= 4 is 32.4 Å². The average molecular weight is 418 g/mol. The number of amides is 1. The van der Waals surface area contributed by atoms with Crippen LogP contribution in [0.2, 0.25) is 0 Å². The number of likely N-dealkylation sites (N-methyl/N-ethyl adjacent to an activating group) is 1. The number of nitrogens with one attached hydrogen (secondary N) is 1. The molecule has 0 spiro atoms. The molecule has 2 heterocycles. The molecule has 3 aromatic rings. The maximum atomic E-state index is 12.6. The van der Waals surface area contributed by atoms with Gasteiger partial charge in [-0.1, -0.05) is 35.6 Å². The minimum absolute atomic E-state index is 0.108. The van der Waals surface area contributed by atoms with Gasteiger partial charge in [0.05, 0.1) is 12.1 Å². The zero-order chi connectivity index (χ0) is 20.3. The predicted molar refractivity (Wildman–Crippen MR) is 108 cm³/mol. The monoisotopic (exact) mass is 417 g/mol. The third-order valence-corrected chi connectivity index (χ3v) is 7.31. The highest BCUT2D eigenvalue weighted by atomic mass is 32.2. The lowest BCUT2D eigenvalue weighted by Gasteiger charge is -2.13. The zero-order valence-corrected chi connectivity index (χ0v) is 17.2. The van der Waals surface area contributed by atoms with Gasteiger partial charge in [0.1, 0.15) is 0 Å². The van der Waals surface area contributed by atoms with Crippen LogP contribution < -0.4 is 9.62 Å². The van der Waals surface area contributed by atoms with Crippen molar-refractivity contribution in [2.24, 2.45) is 0 Å². The van der Waals surface area contributed by atoms with Crippen molar-refractivity contribution in [2.45, 2.75) is 17.6 Å². The summed E-state index contributed by atoms with van der Waals surface area (Å²) in [4.78, 5) is 26.6. The van der Waals surface area contributed by atoms with Gasteiger partial charge in [-0.25, -0.2) is 28.1 Å². The fourth-order valence-electron chi connectivity index (χ4n) is 2.47. The summed E-state index contributed by atoms with van der Waals surface area (Å²) in [5.74, 6) is 0.430. The molecule has 28 heavy (non-hydrogen) atoms. The minimum Gasteiger partial charge on any atom is -0.291 e. The van der Waals surface area contributed by atoms with E-state index >= 15 is 0 Å². The Labute approximate surface area is 167 Å². The van der Waals surface area contributed by atoms with Crippen molar-refractivity contribution in [3.63, 3.8) is 0 Å². The largest absolute Gasteiger partial charge is 0.291 e. The van der Waals surface area contributed by atoms with E-state index in [1.165, 1.54) is 11.9 Å². The first kappa shape index (κ1) is 20.1. The van der Waals surface area contributed by atoms with Gasteiger partial charge in [0.2, 0.25) is 5.91 Å². The summed E-state index contributed by atoms with van der Waals surface area (Å²) >= 11 is 0.965. The molecule has 0 fully saturated rings. The number of benzene rings is 1. The number of anilines is 1. The first-order chi connectivity index (χ1) is 13.3. The summed E-state index contributed by atoms with van der Waals surface area (Å²) in [6.07, 6.45) is 3.51. The second-order valence-electron chi connectivity index (χ2n) is 5.98. The highest BCUT2D eigenvalue weighted by Gasteiger charge is 2.23. The van der Waals surface area contributed by atoms with E-state index in [-0.39, 0.29) is 16.5 Å². The normalized spacial score (nSPS) is 11.4. The lowest BCUT2D eigenvalue weighted by atomic mass is 10.1. The van der Waals surface area contributed by atoms with E-state index in [4.69, 9.17) is 0 Å². The average Bonchev–Trinajstić information content (AvgIpc) is 3.11. The second kappa shape index (κ2) is 8.13. The number of hydrogen-bond acceptors (Lipinski definition) is 7. The Bertz CT molecular complexity index is 1080. The third-order valence-electron chi connectivity index (χ3n) is 4.05. The van der Waals surface area contributed by atoms with E-state index in [2.05, 4.69) is 19.7 Å². The van der Waals surface area contributed by atoms with Crippen LogP contribution in [-0.2, 0) is 21.2 Å². The van der Waals surface area contributed by atoms with Crippen LogP contribution in [0.25, 0.3) is 11.4 Å². The summed E-state index contributed by atoms with van der Waals surface area (Å²) in [5, 5.41) is 0.339. The molecule has 0 saturated heterocycles. The molecule has 0 saturated carbocycles. The van der Waals surface area contributed by atoms with Gasteiger partial charge in [0.25, 0.3) is 10.0 Å². The Kier molecular flexibility index (Phi) is 5.82. The van der Waals surface area contributed by atoms with Gasteiger partial charge >= 0.3 is 0 Å². The highest BCUT2D eigenvalue weighted by Crippen LogP contribution is 2.29. The van der Waals surface area contributed by atoms with Gasteiger partial charge in [-0.3, -0.25) is 9.69 Å². The molecule has 0 atom stereocenters. The molecule has 0 aliphatic rings. The predicted octanol–water partition coefficient (Wildman–Crippen LogP) is 2.02. The Hall–Kier alpha value is -2.69. The Morgan fingerprint density at radius 1 is 1.18 bits per heavy atom. The molecule has 3 rings (SSSR count). The van der Waals surface area contributed by atoms with Gasteiger partial charge in [-0.2, -0.15) is 0 Å². The number of sulfonamides is 1. The Morgan fingerprint density at radius 2 is 1.82 bits per heavy atom. The van der Waals surface area contributed by atoms with E-state index in [1.807, 2.05) is 24.3 Å². The van der Waals surface area contributed by atoms with E-state index in [0.29, 0.717) is 16.6 Å². The van der Waals surface area contributed by atoms with E-state index < -0.39 is 10.0 Å². The summed E-state index contributed by atoms with van der Waals surface area (Å²) < 4.78 is 26.4. The zero-order valence-electron chi connectivity index (χ0n) is 15.6. The van der Waals surface area contributed by atoms with Crippen molar-refractivity contribution in [3.8, 4) is 11.4 Å². The van der Waals surface area contributed by atoms with Crippen LogP contribution in [0.4, 0.5) is 5.13 Å². The van der Waals surface area contributed by atoms with Crippen LogP contribution in [0.15, 0.2) is 46.9 Å². The van der Waals surface area contributed by atoms with Crippen LogP contribution in [0, 0.1) is 6.92 Å². The molecular weight excluding hydrogens is 398 g/mol. The van der Waals surface area contributed by atoms with E-state index in [0.717, 1.165) is 22.5 Å². The summed E-state index contributed by atoms with van der Waals surface area (Å²) in [6.45, 7) is 1.60. The molecule has 8 nitrogen and oxygen atoms in total. The molecule has 1 amide bonds. The Balaban J connectivity index is 1.74. The second-order valence-corrected chi connectivity index (χ2v) is 9.04. The molecule has 0 bridgehead atoms. The lowest BCUT2D eigenvalue weighted by Crippen LogP contribution is -2.27. The van der Waals surface area contributed by atoms with Crippen LogP contribution in [0.5, 0.6) is 0 Å². The summed E-state index contributed by atoms with van der Waals surface area (Å²) in [7, 11) is -0.675. The fraction of sp³-hybridized carbons (Fsp3) is 0.222. The SMILES string of the molecule is CNS(=O)(=O)c1sc(N(C)C(=O)Cc2ccc(-c3ncccn3)cc2)nc1C. The number of hydrogen-bond donors (Lipinski definition) is 1. The topological polar surface area (TPSA) is 105 Å². The van der Waals surface area contributed by atoms with Crippen molar-refractivity contribution in [1.29, 1.82) is 0 Å². The standard InChI is InChI=1S/C18H19N5O3S2/c1-12-17(28(25,26)19-2)27-18(22-12)23(3)15(24)11-13-5-7-14(8-6-13)16-20-9-4-10-21-16/h4-10,19H,11H2,1-3H3. The molecule has 0 unspecified atom stereocenters. The number of carbonyl (C=O) groups excluding carboxylic acids is 1. The van der Waals surface area contributed by atoms with Crippen molar-refractivity contribution in [3.05, 3.63) is 54.0 Å².